The van der Waals surface area contributed by atoms with E-state index in [-0.39, 0.29) is 15.8 Å². The first kappa shape index (κ1) is 36.5. The molecule has 1 aliphatic heterocycles. The summed E-state index contributed by atoms with van der Waals surface area (Å²) < 4.78 is 5.93. The fourth-order valence-corrected chi connectivity index (χ4v) is 5.49. The quantitative estimate of drug-likeness (QED) is 0.152. The van der Waals surface area contributed by atoms with Crippen molar-refractivity contribution >= 4 is 52.4 Å². The molecule has 4 rings (SSSR count). The molecule has 0 spiro atoms. The van der Waals surface area contributed by atoms with E-state index in [0.29, 0.717) is 0 Å². The Morgan fingerprint density at radius 1 is 1.09 bits per heavy atom. The summed E-state index contributed by atoms with van der Waals surface area (Å²) in [6.45, 7) is 11.1. The van der Waals surface area contributed by atoms with Crippen LogP contribution in [0.2, 0.25) is 0 Å². The zero-order chi connectivity index (χ0) is 33.2. The Bertz CT molecular complexity index is 1710. The molecule has 0 amide bonds. The maximum absolute atomic E-state index is 12.9. The number of para-hydroxylation sites is 1. The number of unbranched alkanes of at least 4 members (excludes halogenated alkanes) is 3. The number of fused-ring (bicyclic) bond motifs is 2. The minimum absolute atomic E-state index is 0.0701. The summed E-state index contributed by atoms with van der Waals surface area (Å²) in [6, 6.07) is 16.0. The fourth-order valence-electron chi connectivity index (χ4n) is 4.45. The molecule has 8 nitrogen and oxygen atoms in total. The van der Waals surface area contributed by atoms with Crippen LogP contribution in [0.15, 0.2) is 66.0 Å². The predicted octanol–water partition coefficient (Wildman–Crippen LogP) is 6.35. The molecule has 238 valence electrons. The standard InChI is InChI=1S/C28H23N3O5S.C6H14.C2H6/c1-2-14-36-28(35)21(16-29)27-31(17-25(32)33)26(34)24(37-27)9-5-6-18-10-13-23-20(15-18)12-11-19-7-3-4-8-22(19)30-23;1-3-5-6-4-2;1-2/h2-10,13,15,30H,1,11-12,14,17H2,(H,32,33);3-6H2,1-2H3;1-2H3/b6-5+,24-9-,27-21-;;. The average Bonchev–Trinajstić information content (AvgIpc) is 3.22. The number of hydrogen-bond donors (Lipinski definition) is 2. The molecule has 0 bridgehead atoms. The van der Waals surface area contributed by atoms with Crippen LogP contribution in [0.1, 0.15) is 70.1 Å². The van der Waals surface area contributed by atoms with Gasteiger partial charge in [0.15, 0.2) is 5.57 Å². The summed E-state index contributed by atoms with van der Waals surface area (Å²) in [5.41, 5.74) is 4.47. The number of aromatic nitrogens is 1. The van der Waals surface area contributed by atoms with E-state index in [1.165, 1.54) is 42.9 Å². The van der Waals surface area contributed by atoms with Gasteiger partial charge in [-0.2, -0.15) is 5.26 Å². The van der Waals surface area contributed by atoms with Crippen molar-refractivity contribution in [2.75, 3.05) is 11.9 Å². The van der Waals surface area contributed by atoms with Gasteiger partial charge in [0.05, 0.1) is 4.53 Å². The van der Waals surface area contributed by atoms with Crippen LogP contribution in [0, 0.1) is 11.3 Å². The third-order valence-corrected chi connectivity index (χ3v) is 7.78. The largest absolute Gasteiger partial charge is 0.480 e. The number of aryl methyl sites for hydroxylation is 2. The molecule has 0 fully saturated rings. The highest BCUT2D eigenvalue weighted by Gasteiger charge is 2.18. The van der Waals surface area contributed by atoms with Crippen LogP contribution < -0.4 is 20.1 Å². The highest BCUT2D eigenvalue weighted by molar-refractivity contribution is 7.07. The zero-order valence-corrected chi connectivity index (χ0v) is 27.4. The number of aliphatic carboxylic acids is 1. The molecule has 0 aliphatic carbocycles. The van der Waals surface area contributed by atoms with E-state index in [0.717, 1.165) is 45.7 Å². The molecule has 0 unspecified atom stereocenters. The number of carbonyl (C=O) groups is 2. The number of thiazole rings is 1. The number of carboxylic acids is 1. The molecule has 2 heterocycles. The number of rotatable bonds is 10. The Labute approximate surface area is 269 Å². The number of nitriles is 1. The van der Waals surface area contributed by atoms with Gasteiger partial charge in [0, 0.05) is 11.4 Å². The maximum atomic E-state index is 12.9. The molecule has 45 heavy (non-hydrogen) atoms. The van der Waals surface area contributed by atoms with E-state index in [1.54, 1.807) is 18.2 Å². The second-order valence-corrected chi connectivity index (χ2v) is 10.9. The van der Waals surface area contributed by atoms with Crippen LogP contribution in [0.4, 0.5) is 11.4 Å². The van der Waals surface area contributed by atoms with Crippen LogP contribution >= 0.6 is 11.3 Å². The summed E-state index contributed by atoms with van der Waals surface area (Å²) in [5, 5.41) is 22.2. The van der Waals surface area contributed by atoms with Crippen molar-refractivity contribution in [2.45, 2.75) is 72.8 Å². The van der Waals surface area contributed by atoms with Crippen LogP contribution in [-0.4, -0.2) is 28.2 Å². The van der Waals surface area contributed by atoms with Crippen molar-refractivity contribution in [3.8, 4) is 6.07 Å². The van der Waals surface area contributed by atoms with Gasteiger partial charge in [-0.05, 0) is 53.8 Å². The summed E-state index contributed by atoms with van der Waals surface area (Å²) in [6.07, 6.45) is 13.7. The van der Waals surface area contributed by atoms with E-state index in [9.17, 15) is 24.8 Å². The van der Waals surface area contributed by atoms with E-state index >= 15 is 0 Å². The number of esters is 1. The van der Waals surface area contributed by atoms with E-state index < -0.39 is 29.6 Å². The minimum atomic E-state index is -1.28. The fraction of sp³-hybridized carbons (Fsp3) is 0.333. The van der Waals surface area contributed by atoms with Gasteiger partial charge in [-0.1, -0.05) is 102 Å². The van der Waals surface area contributed by atoms with E-state index in [4.69, 9.17) is 4.74 Å². The Morgan fingerprint density at radius 2 is 1.76 bits per heavy atom. The van der Waals surface area contributed by atoms with Crippen molar-refractivity contribution in [3.05, 3.63) is 97.4 Å². The third kappa shape index (κ3) is 10.8. The number of carboxylic acid groups (broad SMARTS) is 1. The SMILES string of the molecule is C=CCOC(=O)/C(C#N)=c1\s/c(=C\C=C\c2ccc3c(c2)CCc2ccccc2N3)c(=O)n1CC(=O)O.CC.CCCCCC. The Balaban J connectivity index is 0.000000790. The number of ether oxygens (including phenoxy) is 1. The maximum Gasteiger partial charge on any atom is 0.352 e. The molecule has 0 saturated carbocycles. The lowest BCUT2D eigenvalue weighted by atomic mass is 10.0. The van der Waals surface area contributed by atoms with Gasteiger partial charge in [0.1, 0.15) is 23.9 Å². The van der Waals surface area contributed by atoms with Crippen molar-refractivity contribution in [1.82, 2.24) is 4.57 Å². The minimum Gasteiger partial charge on any atom is -0.480 e. The van der Waals surface area contributed by atoms with Gasteiger partial charge in [0.25, 0.3) is 5.56 Å². The molecule has 1 aromatic heterocycles. The second-order valence-electron chi connectivity index (χ2n) is 9.86. The molecule has 1 aliphatic rings. The monoisotopic (exact) mass is 629 g/mol. The predicted molar refractivity (Wildman–Crippen MR) is 184 cm³/mol. The average molecular weight is 630 g/mol. The van der Waals surface area contributed by atoms with Crippen LogP contribution in [0.5, 0.6) is 0 Å². The number of nitrogens with zero attached hydrogens (tertiary/aromatic N) is 2. The number of nitrogens with one attached hydrogen (secondary N) is 1. The smallest absolute Gasteiger partial charge is 0.352 e. The highest BCUT2D eigenvalue weighted by Crippen LogP contribution is 2.30. The van der Waals surface area contributed by atoms with Crippen molar-refractivity contribution in [2.24, 2.45) is 0 Å². The van der Waals surface area contributed by atoms with Gasteiger partial charge < -0.3 is 15.2 Å². The van der Waals surface area contributed by atoms with Gasteiger partial charge in [-0.15, -0.1) is 11.3 Å². The number of anilines is 2. The topological polar surface area (TPSA) is 121 Å². The number of allylic oxidation sites excluding steroid dienone is 1. The van der Waals surface area contributed by atoms with E-state index in [2.05, 4.69) is 43.9 Å². The molecular formula is C36H43N3O5S. The van der Waals surface area contributed by atoms with Crippen molar-refractivity contribution < 1.29 is 19.4 Å². The van der Waals surface area contributed by atoms with Crippen LogP contribution in [0.25, 0.3) is 17.7 Å². The summed E-state index contributed by atoms with van der Waals surface area (Å²) >= 11 is 0.860. The second kappa shape index (κ2) is 19.6. The first-order chi connectivity index (χ1) is 21.8. The molecule has 0 radical (unpaired) electrons. The normalized spacial score (nSPS) is 12.5. The van der Waals surface area contributed by atoms with Gasteiger partial charge in [0.2, 0.25) is 0 Å². The van der Waals surface area contributed by atoms with Crippen LogP contribution in [0.3, 0.4) is 0 Å². The molecule has 0 atom stereocenters. The Kier molecular flexibility index (Phi) is 15.9. The van der Waals surface area contributed by atoms with Crippen LogP contribution in [-0.2, 0) is 33.7 Å². The Morgan fingerprint density at radius 3 is 2.40 bits per heavy atom. The summed E-state index contributed by atoms with van der Waals surface area (Å²) in [4.78, 5) is 36.5. The number of hydrogen-bond acceptors (Lipinski definition) is 7. The molecular weight excluding hydrogens is 586 g/mol. The third-order valence-electron chi connectivity index (χ3n) is 6.64. The van der Waals surface area contributed by atoms with Crippen molar-refractivity contribution in [1.29, 1.82) is 5.26 Å². The van der Waals surface area contributed by atoms with Gasteiger partial charge >= 0.3 is 11.9 Å². The molecule has 0 saturated heterocycles. The molecule has 3 aromatic rings. The number of benzene rings is 2. The first-order valence-electron chi connectivity index (χ1n) is 15.3. The summed E-state index contributed by atoms with van der Waals surface area (Å²) in [7, 11) is 0. The molecule has 2 N–H and O–H groups in total. The van der Waals surface area contributed by atoms with Gasteiger partial charge in [-0.25, -0.2) is 4.79 Å². The lowest BCUT2D eigenvalue weighted by Gasteiger charge is -2.10. The molecule has 9 heteroatoms. The lowest BCUT2D eigenvalue weighted by Crippen LogP contribution is -2.35. The Hall–Kier alpha value is -4.68. The van der Waals surface area contributed by atoms with Gasteiger partial charge in [-0.3, -0.25) is 14.2 Å². The number of carbonyl (C=O) groups excluding carboxylic acids is 1. The molecule has 2 aromatic carbocycles. The highest BCUT2D eigenvalue weighted by atomic mass is 32.1. The zero-order valence-electron chi connectivity index (χ0n) is 26.6. The van der Waals surface area contributed by atoms with E-state index in [1.807, 2.05) is 44.2 Å². The summed E-state index contributed by atoms with van der Waals surface area (Å²) in [5.74, 6) is -2.23. The van der Waals surface area contributed by atoms with Crippen molar-refractivity contribution in [3.63, 3.8) is 0 Å². The first-order valence-corrected chi connectivity index (χ1v) is 16.1. The lowest BCUT2D eigenvalue weighted by molar-refractivity contribution is -0.138.